The Hall–Kier alpha value is -3.10. The molecular formula is C32H46N4O5. The summed E-state index contributed by atoms with van der Waals surface area (Å²) in [5, 5.41) is 7.42. The molecule has 9 heteroatoms. The lowest BCUT2D eigenvalue weighted by molar-refractivity contribution is 0.0208. The van der Waals surface area contributed by atoms with E-state index in [0.29, 0.717) is 30.1 Å². The van der Waals surface area contributed by atoms with Gasteiger partial charge in [0.15, 0.2) is 5.82 Å². The monoisotopic (exact) mass is 566 g/mol. The number of hydrogen-bond donors (Lipinski definition) is 1. The van der Waals surface area contributed by atoms with Crippen molar-refractivity contribution in [3.63, 3.8) is 0 Å². The number of nitrogens with zero attached hydrogens (tertiary/aromatic N) is 3. The van der Waals surface area contributed by atoms with Crippen molar-refractivity contribution < 1.29 is 23.6 Å². The molecule has 3 aliphatic carbocycles. The molecule has 1 heterocycles. The van der Waals surface area contributed by atoms with E-state index < -0.39 is 11.2 Å². The summed E-state index contributed by atoms with van der Waals surface area (Å²) in [7, 11) is 0. The van der Waals surface area contributed by atoms with E-state index in [4.69, 9.17) is 19.0 Å². The molecule has 2 aromatic rings. The topological polar surface area (TPSA) is 107 Å². The maximum Gasteiger partial charge on any atom is 0.410 e. The van der Waals surface area contributed by atoms with Gasteiger partial charge < -0.3 is 24.2 Å². The van der Waals surface area contributed by atoms with Crippen LogP contribution < -0.4 is 5.32 Å². The molecule has 0 bridgehead atoms. The quantitative estimate of drug-likeness (QED) is 0.388. The van der Waals surface area contributed by atoms with Gasteiger partial charge in [-0.05, 0) is 98.0 Å². The molecule has 9 nitrogen and oxygen atoms in total. The van der Waals surface area contributed by atoms with Crippen LogP contribution in [-0.2, 0) is 21.3 Å². The number of hydrogen-bond acceptors (Lipinski definition) is 7. The zero-order valence-corrected chi connectivity index (χ0v) is 25.4. The Morgan fingerprint density at radius 2 is 1.66 bits per heavy atom. The number of rotatable bonds is 8. The molecule has 3 aliphatic rings. The molecule has 3 fully saturated rings. The zero-order valence-electron chi connectivity index (χ0n) is 25.4. The van der Waals surface area contributed by atoms with Crippen molar-refractivity contribution in [3.05, 3.63) is 47.6 Å². The fourth-order valence-electron chi connectivity index (χ4n) is 5.94. The molecule has 5 rings (SSSR count). The predicted octanol–water partition coefficient (Wildman–Crippen LogP) is 6.52. The molecule has 224 valence electrons. The number of aromatic nitrogens is 2. The summed E-state index contributed by atoms with van der Waals surface area (Å²) in [6, 6.07) is 10.6. The molecule has 0 radical (unpaired) electrons. The molecule has 1 aromatic heterocycles. The molecule has 1 aromatic carbocycles. The summed E-state index contributed by atoms with van der Waals surface area (Å²) in [5.41, 5.74) is -0.0857. The van der Waals surface area contributed by atoms with E-state index in [2.05, 4.69) is 34.7 Å². The Morgan fingerprint density at radius 1 is 1.00 bits per heavy atom. The van der Waals surface area contributed by atoms with E-state index in [1.165, 1.54) is 5.56 Å². The average molecular weight is 567 g/mol. The third kappa shape index (κ3) is 7.80. The largest absolute Gasteiger partial charge is 0.444 e. The van der Waals surface area contributed by atoms with E-state index in [1.807, 2.05) is 52.5 Å². The fraction of sp³-hybridized carbons (Fsp3) is 0.688. The van der Waals surface area contributed by atoms with Gasteiger partial charge >= 0.3 is 12.2 Å². The van der Waals surface area contributed by atoms with Crippen LogP contribution in [-0.4, -0.2) is 57.1 Å². The van der Waals surface area contributed by atoms with E-state index >= 15 is 0 Å². The molecule has 41 heavy (non-hydrogen) atoms. The van der Waals surface area contributed by atoms with Gasteiger partial charge in [-0.15, -0.1) is 0 Å². The van der Waals surface area contributed by atoms with Crippen LogP contribution in [0.1, 0.15) is 110 Å². The molecule has 3 saturated carbocycles. The van der Waals surface area contributed by atoms with Crippen LogP contribution in [0, 0.1) is 5.92 Å². The van der Waals surface area contributed by atoms with Crippen molar-refractivity contribution in [2.45, 2.75) is 128 Å². The highest BCUT2D eigenvalue weighted by atomic mass is 16.6. The van der Waals surface area contributed by atoms with Crippen molar-refractivity contribution in [1.82, 2.24) is 20.4 Å². The highest BCUT2D eigenvalue weighted by Crippen LogP contribution is 2.52. The molecule has 1 N–H and O–H groups in total. The Morgan fingerprint density at radius 3 is 2.27 bits per heavy atom. The third-order valence-electron chi connectivity index (χ3n) is 8.31. The molecule has 2 atom stereocenters. The number of nitrogens with one attached hydrogen (secondary N) is 1. The smallest absolute Gasteiger partial charge is 0.410 e. The summed E-state index contributed by atoms with van der Waals surface area (Å²) in [6.07, 6.45) is 6.68. The second-order valence-corrected chi connectivity index (χ2v) is 14.3. The number of benzene rings is 1. The average Bonchev–Trinajstić information content (AvgIpc) is 3.79. The van der Waals surface area contributed by atoms with Gasteiger partial charge in [0.2, 0.25) is 5.89 Å². The first-order valence-electron chi connectivity index (χ1n) is 15.2. The van der Waals surface area contributed by atoms with E-state index in [-0.39, 0.29) is 29.7 Å². The van der Waals surface area contributed by atoms with Gasteiger partial charge in [-0.25, -0.2) is 9.59 Å². The Kier molecular flexibility index (Phi) is 8.09. The lowest BCUT2D eigenvalue weighted by atomic mass is 9.84. The molecule has 0 spiro atoms. The summed E-state index contributed by atoms with van der Waals surface area (Å²) in [4.78, 5) is 32.3. The molecular weight excluding hydrogens is 520 g/mol. The van der Waals surface area contributed by atoms with Crippen molar-refractivity contribution in [2.75, 3.05) is 6.54 Å². The highest BCUT2D eigenvalue weighted by molar-refractivity contribution is 5.70. The SMILES string of the molecule is CC(C)(C)OC(=O)N[C@H]1CC[C@H](Cc2nc(C3(CN(C(=O)OC(C)(C)C)[C@@H]4C[C@H]4c4ccccc4)CC3)no2)CC1. The predicted molar refractivity (Wildman–Crippen MR) is 155 cm³/mol. The summed E-state index contributed by atoms with van der Waals surface area (Å²) >= 11 is 0. The fourth-order valence-corrected chi connectivity index (χ4v) is 5.94. The number of carbonyl (C=O) groups is 2. The van der Waals surface area contributed by atoms with Crippen molar-refractivity contribution >= 4 is 12.2 Å². The van der Waals surface area contributed by atoms with E-state index in [0.717, 1.165) is 51.4 Å². The Balaban J connectivity index is 1.18. The molecule has 2 amide bonds. The number of carbonyl (C=O) groups excluding carboxylic acids is 2. The van der Waals surface area contributed by atoms with Crippen LogP contribution in [0.25, 0.3) is 0 Å². The van der Waals surface area contributed by atoms with Gasteiger partial charge in [0.25, 0.3) is 0 Å². The van der Waals surface area contributed by atoms with Crippen LogP contribution in [0.5, 0.6) is 0 Å². The summed E-state index contributed by atoms with van der Waals surface area (Å²) in [5.74, 6) is 2.12. The maximum atomic E-state index is 13.4. The standard InChI is InChI=1S/C32H46N4O5/c1-30(2,3)39-28(37)33-23-14-12-21(13-15-23)18-26-34-27(35-41-26)32(16-17-32)20-36(29(38)40-31(4,5)6)25-19-24(25)22-10-8-7-9-11-22/h7-11,21,23-25H,12-20H2,1-6H3,(H,33,37)/t21-,23-,24-,25+/m0/s1. The van der Waals surface area contributed by atoms with Crippen LogP contribution in [0.4, 0.5) is 9.59 Å². The van der Waals surface area contributed by atoms with Gasteiger partial charge in [0, 0.05) is 31.0 Å². The summed E-state index contributed by atoms with van der Waals surface area (Å²) in [6.45, 7) is 11.9. The van der Waals surface area contributed by atoms with Crippen molar-refractivity contribution in [1.29, 1.82) is 0 Å². The van der Waals surface area contributed by atoms with Crippen molar-refractivity contribution in [3.8, 4) is 0 Å². The number of alkyl carbamates (subject to hydrolysis) is 1. The van der Waals surface area contributed by atoms with Crippen molar-refractivity contribution in [2.24, 2.45) is 5.92 Å². The summed E-state index contributed by atoms with van der Waals surface area (Å²) < 4.78 is 17.0. The Bertz CT molecular complexity index is 1200. The van der Waals surface area contributed by atoms with Gasteiger partial charge in [0.05, 0.1) is 5.41 Å². The first-order valence-corrected chi connectivity index (χ1v) is 15.2. The molecule has 0 aliphatic heterocycles. The third-order valence-corrected chi connectivity index (χ3v) is 8.31. The first kappa shape index (κ1) is 29.4. The lowest BCUT2D eigenvalue weighted by Crippen LogP contribution is -2.43. The lowest BCUT2D eigenvalue weighted by Gasteiger charge is -2.30. The van der Waals surface area contributed by atoms with E-state index in [1.54, 1.807) is 0 Å². The minimum atomic E-state index is -0.566. The van der Waals surface area contributed by atoms with E-state index in [9.17, 15) is 9.59 Å². The highest BCUT2D eigenvalue weighted by Gasteiger charge is 2.55. The number of amides is 2. The van der Waals surface area contributed by atoms with Gasteiger partial charge in [-0.3, -0.25) is 0 Å². The zero-order chi connectivity index (χ0) is 29.4. The van der Waals surface area contributed by atoms with Crippen LogP contribution >= 0.6 is 0 Å². The minimum Gasteiger partial charge on any atom is -0.444 e. The number of ether oxygens (including phenoxy) is 2. The normalized spacial score (nSPS) is 25.2. The Labute approximate surface area is 243 Å². The maximum absolute atomic E-state index is 13.4. The van der Waals surface area contributed by atoms with Crippen LogP contribution in [0.3, 0.4) is 0 Å². The second-order valence-electron chi connectivity index (χ2n) is 14.3. The van der Waals surface area contributed by atoms with Gasteiger partial charge in [0.1, 0.15) is 11.2 Å². The van der Waals surface area contributed by atoms with Gasteiger partial charge in [-0.1, -0.05) is 35.5 Å². The van der Waals surface area contributed by atoms with Crippen LogP contribution in [0.15, 0.2) is 34.9 Å². The van der Waals surface area contributed by atoms with Crippen LogP contribution in [0.2, 0.25) is 0 Å². The van der Waals surface area contributed by atoms with Gasteiger partial charge in [-0.2, -0.15) is 4.98 Å². The molecule has 0 saturated heterocycles. The second kappa shape index (κ2) is 11.3. The minimum absolute atomic E-state index is 0.112. The molecule has 0 unspecified atom stereocenters. The first-order chi connectivity index (χ1) is 19.3.